The van der Waals surface area contributed by atoms with Crippen molar-refractivity contribution >= 4 is 10.2 Å². The summed E-state index contributed by atoms with van der Waals surface area (Å²) in [6.45, 7) is 7.17. The maximum atomic E-state index is 12.5. The van der Waals surface area contributed by atoms with Crippen LogP contribution in [-0.4, -0.2) is 79.5 Å². The van der Waals surface area contributed by atoms with E-state index < -0.39 is 10.2 Å². The summed E-state index contributed by atoms with van der Waals surface area (Å²) < 4.78 is 28.2. The zero-order valence-electron chi connectivity index (χ0n) is 11.7. The van der Waals surface area contributed by atoms with Crippen LogP contribution < -0.4 is 0 Å². The summed E-state index contributed by atoms with van der Waals surface area (Å²) in [6.07, 6.45) is 1.54. The van der Waals surface area contributed by atoms with E-state index in [1.54, 1.807) is 8.61 Å². The predicted octanol–water partition coefficient (Wildman–Crippen LogP) is -0.427. The third-order valence-electron chi connectivity index (χ3n) is 4.26. The van der Waals surface area contributed by atoms with Gasteiger partial charge < -0.3 is 10.0 Å². The molecule has 2 aliphatic rings. The van der Waals surface area contributed by atoms with Crippen LogP contribution in [0.2, 0.25) is 0 Å². The monoisotopic (exact) mass is 291 g/mol. The van der Waals surface area contributed by atoms with Crippen LogP contribution in [0, 0.1) is 5.92 Å². The second kappa shape index (κ2) is 6.49. The molecule has 0 spiro atoms. The second-order valence-electron chi connectivity index (χ2n) is 5.37. The molecule has 112 valence electrons. The first-order valence-corrected chi connectivity index (χ1v) is 8.56. The van der Waals surface area contributed by atoms with Gasteiger partial charge in [-0.1, -0.05) is 6.92 Å². The molecule has 0 unspecified atom stereocenters. The number of piperazine rings is 1. The Morgan fingerprint density at radius 2 is 1.53 bits per heavy atom. The number of hydrogen-bond acceptors (Lipinski definition) is 4. The van der Waals surface area contributed by atoms with Crippen molar-refractivity contribution in [1.82, 2.24) is 13.5 Å². The van der Waals surface area contributed by atoms with Gasteiger partial charge in [0, 0.05) is 45.9 Å². The number of hydrogen-bond donors (Lipinski definition) is 1. The lowest BCUT2D eigenvalue weighted by Crippen LogP contribution is -2.54. The molecule has 7 heteroatoms. The fraction of sp³-hybridized carbons (Fsp3) is 1.00. The highest BCUT2D eigenvalue weighted by Crippen LogP contribution is 2.21. The van der Waals surface area contributed by atoms with Crippen LogP contribution in [0.4, 0.5) is 0 Å². The molecular weight excluding hydrogens is 266 g/mol. The largest absolute Gasteiger partial charge is 0.396 e. The molecule has 19 heavy (non-hydrogen) atoms. The van der Waals surface area contributed by atoms with Gasteiger partial charge >= 0.3 is 0 Å². The third-order valence-corrected chi connectivity index (χ3v) is 6.30. The molecular formula is C12H25N3O3S. The lowest BCUT2D eigenvalue weighted by Gasteiger charge is -2.38. The second-order valence-corrected chi connectivity index (χ2v) is 7.29. The normalized spacial score (nSPS) is 25.8. The van der Waals surface area contributed by atoms with Gasteiger partial charge in [0.1, 0.15) is 0 Å². The minimum Gasteiger partial charge on any atom is -0.396 e. The first kappa shape index (κ1) is 15.2. The number of piperidine rings is 1. The summed E-state index contributed by atoms with van der Waals surface area (Å²) >= 11 is 0. The highest BCUT2D eigenvalue weighted by atomic mass is 32.2. The smallest absolute Gasteiger partial charge is 0.282 e. The van der Waals surface area contributed by atoms with E-state index in [-0.39, 0.29) is 12.5 Å². The first-order chi connectivity index (χ1) is 9.07. The number of likely N-dealkylation sites (N-methyl/N-ethyl adjacent to an activating group) is 1. The summed E-state index contributed by atoms with van der Waals surface area (Å²) in [4.78, 5) is 2.27. The van der Waals surface area contributed by atoms with Gasteiger partial charge in [0.2, 0.25) is 0 Å². The van der Waals surface area contributed by atoms with Gasteiger partial charge in [0.15, 0.2) is 0 Å². The Hall–Kier alpha value is -0.210. The van der Waals surface area contributed by atoms with Crippen LogP contribution in [0.3, 0.4) is 0 Å². The van der Waals surface area contributed by atoms with E-state index in [1.165, 1.54) is 0 Å². The molecule has 0 amide bonds. The Morgan fingerprint density at radius 3 is 2.00 bits per heavy atom. The van der Waals surface area contributed by atoms with Crippen molar-refractivity contribution in [2.45, 2.75) is 19.8 Å². The number of aliphatic hydroxyl groups excluding tert-OH is 1. The first-order valence-electron chi connectivity index (χ1n) is 7.16. The summed E-state index contributed by atoms with van der Waals surface area (Å²) in [7, 11) is -3.29. The quantitative estimate of drug-likeness (QED) is 0.764. The van der Waals surface area contributed by atoms with Gasteiger partial charge in [-0.05, 0) is 25.3 Å². The van der Waals surface area contributed by atoms with E-state index in [9.17, 15) is 8.42 Å². The molecule has 0 aromatic carbocycles. The van der Waals surface area contributed by atoms with E-state index in [1.807, 2.05) is 0 Å². The van der Waals surface area contributed by atoms with Crippen molar-refractivity contribution < 1.29 is 13.5 Å². The summed E-state index contributed by atoms with van der Waals surface area (Å²) in [5, 5.41) is 9.10. The van der Waals surface area contributed by atoms with Gasteiger partial charge in [0.25, 0.3) is 10.2 Å². The Morgan fingerprint density at radius 1 is 1.00 bits per heavy atom. The average molecular weight is 291 g/mol. The van der Waals surface area contributed by atoms with E-state index in [4.69, 9.17) is 5.11 Å². The molecule has 6 nitrogen and oxygen atoms in total. The van der Waals surface area contributed by atoms with E-state index >= 15 is 0 Å². The summed E-state index contributed by atoms with van der Waals surface area (Å²) in [5.74, 6) is 0.267. The highest BCUT2D eigenvalue weighted by molar-refractivity contribution is 7.86. The van der Waals surface area contributed by atoms with Gasteiger partial charge in [-0.15, -0.1) is 0 Å². The van der Waals surface area contributed by atoms with Crippen molar-refractivity contribution in [2.24, 2.45) is 5.92 Å². The van der Waals surface area contributed by atoms with Crippen LogP contribution in [0.25, 0.3) is 0 Å². The third kappa shape index (κ3) is 3.46. The lowest BCUT2D eigenvalue weighted by atomic mass is 10.00. The SMILES string of the molecule is CCN1CCN(S(=O)(=O)N2CCC(CO)CC2)CC1. The molecule has 0 atom stereocenters. The molecule has 0 aromatic heterocycles. The Bertz CT molecular complexity index is 342. The molecule has 0 radical (unpaired) electrons. The van der Waals surface area contributed by atoms with Crippen molar-refractivity contribution in [2.75, 3.05) is 52.4 Å². The topological polar surface area (TPSA) is 64.1 Å². The number of aliphatic hydroxyl groups is 1. The maximum Gasteiger partial charge on any atom is 0.282 e. The fourth-order valence-corrected chi connectivity index (χ4v) is 4.39. The maximum absolute atomic E-state index is 12.5. The highest BCUT2D eigenvalue weighted by Gasteiger charge is 2.34. The minimum absolute atomic E-state index is 0.170. The van der Waals surface area contributed by atoms with Crippen molar-refractivity contribution in [3.8, 4) is 0 Å². The molecule has 0 aliphatic carbocycles. The lowest BCUT2D eigenvalue weighted by molar-refractivity contribution is 0.156. The summed E-state index contributed by atoms with van der Waals surface area (Å²) in [5.41, 5.74) is 0. The molecule has 2 rings (SSSR count). The molecule has 0 bridgehead atoms. The Balaban J connectivity index is 1.92. The molecule has 0 aromatic rings. The molecule has 2 heterocycles. The van der Waals surface area contributed by atoms with E-state index in [0.717, 1.165) is 32.5 Å². The predicted molar refractivity (Wildman–Crippen MR) is 74.0 cm³/mol. The average Bonchev–Trinajstić information content (AvgIpc) is 2.47. The minimum atomic E-state index is -3.29. The molecule has 2 aliphatic heterocycles. The van der Waals surface area contributed by atoms with Crippen LogP contribution in [-0.2, 0) is 10.2 Å². The van der Waals surface area contributed by atoms with Crippen LogP contribution >= 0.6 is 0 Å². The van der Waals surface area contributed by atoms with Gasteiger partial charge in [-0.2, -0.15) is 17.0 Å². The molecule has 0 saturated carbocycles. The molecule has 2 fully saturated rings. The molecule has 1 N–H and O–H groups in total. The zero-order chi connectivity index (χ0) is 13.9. The van der Waals surface area contributed by atoms with Gasteiger partial charge in [-0.3, -0.25) is 0 Å². The Labute approximate surface area is 116 Å². The fourth-order valence-electron chi connectivity index (χ4n) is 2.76. The number of nitrogens with zero attached hydrogens (tertiary/aromatic N) is 3. The van der Waals surface area contributed by atoms with E-state index in [0.29, 0.717) is 26.2 Å². The van der Waals surface area contributed by atoms with Crippen molar-refractivity contribution in [3.63, 3.8) is 0 Å². The summed E-state index contributed by atoms with van der Waals surface area (Å²) in [6, 6.07) is 0. The van der Waals surface area contributed by atoms with Crippen LogP contribution in [0.5, 0.6) is 0 Å². The molecule has 2 saturated heterocycles. The van der Waals surface area contributed by atoms with E-state index in [2.05, 4.69) is 11.8 Å². The standard InChI is InChI=1S/C12H25N3O3S/c1-2-13-7-9-15(10-8-13)19(17,18)14-5-3-12(11-16)4-6-14/h12,16H,2-11H2,1H3. The van der Waals surface area contributed by atoms with Crippen molar-refractivity contribution in [1.29, 1.82) is 0 Å². The van der Waals surface area contributed by atoms with Crippen LogP contribution in [0.1, 0.15) is 19.8 Å². The van der Waals surface area contributed by atoms with Crippen LogP contribution in [0.15, 0.2) is 0 Å². The van der Waals surface area contributed by atoms with Crippen molar-refractivity contribution in [3.05, 3.63) is 0 Å². The van der Waals surface area contributed by atoms with Gasteiger partial charge in [-0.25, -0.2) is 0 Å². The zero-order valence-corrected chi connectivity index (χ0v) is 12.5. The van der Waals surface area contributed by atoms with Gasteiger partial charge in [0.05, 0.1) is 0 Å². The number of rotatable bonds is 4. The Kier molecular flexibility index (Phi) is 5.19.